The molecule has 0 saturated heterocycles. The van der Waals surface area contributed by atoms with E-state index in [-0.39, 0.29) is 18.0 Å². The third-order valence-electron chi connectivity index (χ3n) is 5.11. The molecule has 10 heteroatoms. The van der Waals surface area contributed by atoms with Gasteiger partial charge in [0.25, 0.3) is 17.4 Å². The number of hydrogen-bond acceptors (Lipinski definition) is 7. The lowest BCUT2D eigenvalue weighted by Gasteiger charge is -2.21. The first-order valence-electron chi connectivity index (χ1n) is 10.9. The third-order valence-corrected chi connectivity index (χ3v) is 5.11. The zero-order chi connectivity index (χ0) is 25.4. The van der Waals surface area contributed by atoms with Crippen LogP contribution in [0.4, 0.5) is 0 Å². The highest BCUT2D eigenvalue weighted by atomic mass is 16.5. The predicted molar refractivity (Wildman–Crippen MR) is 127 cm³/mol. The molecule has 10 nitrogen and oxygen atoms in total. The molecule has 1 heterocycles. The molecule has 0 bridgehead atoms. The van der Waals surface area contributed by atoms with Crippen molar-refractivity contribution in [3.63, 3.8) is 0 Å². The van der Waals surface area contributed by atoms with Crippen molar-refractivity contribution in [2.75, 3.05) is 13.2 Å². The predicted octanol–water partition coefficient (Wildman–Crippen LogP) is 1.33. The minimum absolute atomic E-state index is 0.0662. The Hall–Kier alpha value is -4.31. The third kappa shape index (κ3) is 6.39. The van der Waals surface area contributed by atoms with Crippen LogP contribution in [-0.4, -0.2) is 51.6 Å². The van der Waals surface area contributed by atoms with E-state index in [0.29, 0.717) is 0 Å². The van der Waals surface area contributed by atoms with E-state index >= 15 is 0 Å². The number of benzene rings is 2. The van der Waals surface area contributed by atoms with Gasteiger partial charge in [-0.1, -0.05) is 60.7 Å². The molecular weight excluding hydrogens is 452 g/mol. The number of carbonyl (C=O) groups is 3. The van der Waals surface area contributed by atoms with Crippen LogP contribution in [0.15, 0.2) is 71.7 Å². The lowest BCUT2D eigenvalue weighted by Crippen LogP contribution is -2.48. The number of hydrogen-bond donors (Lipinski definition) is 4. The van der Waals surface area contributed by atoms with Crippen molar-refractivity contribution < 1.29 is 24.2 Å². The summed E-state index contributed by atoms with van der Waals surface area (Å²) in [7, 11) is 0. The minimum Gasteiger partial charge on any atom is -0.464 e. The van der Waals surface area contributed by atoms with Gasteiger partial charge in [0.05, 0.1) is 19.2 Å². The number of aromatic nitrogens is 2. The number of carbonyl (C=O) groups excluding carboxylic acids is 3. The second-order valence-corrected chi connectivity index (χ2v) is 7.88. The van der Waals surface area contributed by atoms with Crippen LogP contribution in [0.5, 0.6) is 0 Å². The molecule has 35 heavy (non-hydrogen) atoms. The van der Waals surface area contributed by atoms with Crippen molar-refractivity contribution >= 4 is 17.8 Å². The summed E-state index contributed by atoms with van der Waals surface area (Å²) in [5.41, 5.74) is -1.42. The quantitative estimate of drug-likeness (QED) is 0.339. The van der Waals surface area contributed by atoms with Gasteiger partial charge in [0.15, 0.2) is 11.4 Å². The topological polar surface area (TPSA) is 150 Å². The van der Waals surface area contributed by atoms with Crippen LogP contribution in [0.3, 0.4) is 0 Å². The minimum atomic E-state index is -1.96. The van der Waals surface area contributed by atoms with E-state index in [4.69, 9.17) is 4.74 Å². The van der Waals surface area contributed by atoms with Gasteiger partial charge in [0.2, 0.25) is 0 Å². The molecule has 0 radical (unpaired) electrons. The molecule has 1 unspecified atom stereocenters. The molecule has 0 saturated carbocycles. The zero-order valence-electron chi connectivity index (χ0n) is 19.3. The van der Waals surface area contributed by atoms with Crippen molar-refractivity contribution in [3.8, 4) is 0 Å². The van der Waals surface area contributed by atoms with E-state index in [2.05, 4.69) is 20.6 Å². The van der Waals surface area contributed by atoms with Gasteiger partial charge in [0, 0.05) is 6.20 Å². The van der Waals surface area contributed by atoms with Gasteiger partial charge in [0.1, 0.15) is 5.56 Å². The first-order chi connectivity index (χ1) is 16.7. The summed E-state index contributed by atoms with van der Waals surface area (Å²) in [5, 5.41) is 15.3. The maximum absolute atomic E-state index is 12.9. The number of rotatable bonds is 9. The molecule has 182 valence electrons. The number of nitrogens with one attached hydrogen (secondary N) is 3. The van der Waals surface area contributed by atoms with E-state index in [1.165, 1.54) is 6.92 Å². The maximum atomic E-state index is 12.9. The lowest BCUT2D eigenvalue weighted by molar-refractivity contribution is -0.162. The molecule has 0 aliphatic rings. The largest absolute Gasteiger partial charge is 0.464 e. The van der Waals surface area contributed by atoms with Gasteiger partial charge >= 0.3 is 5.97 Å². The Labute approximate surface area is 201 Å². The first-order valence-corrected chi connectivity index (χ1v) is 10.9. The monoisotopic (exact) mass is 478 g/mol. The van der Waals surface area contributed by atoms with E-state index in [1.54, 1.807) is 6.92 Å². The van der Waals surface area contributed by atoms with Crippen LogP contribution in [0, 0.1) is 0 Å². The molecular formula is C25H26N4O6. The van der Waals surface area contributed by atoms with Crippen LogP contribution in [0.2, 0.25) is 0 Å². The van der Waals surface area contributed by atoms with Gasteiger partial charge in [-0.15, -0.1) is 0 Å². The van der Waals surface area contributed by atoms with Crippen LogP contribution < -0.4 is 16.2 Å². The summed E-state index contributed by atoms with van der Waals surface area (Å²) in [6.45, 7) is 2.37. The van der Waals surface area contributed by atoms with Crippen LogP contribution >= 0.6 is 0 Å². The molecule has 0 spiro atoms. The lowest BCUT2D eigenvalue weighted by atomic mass is 9.98. The zero-order valence-corrected chi connectivity index (χ0v) is 19.3. The van der Waals surface area contributed by atoms with E-state index in [1.807, 2.05) is 60.7 Å². The molecule has 2 aromatic carbocycles. The van der Waals surface area contributed by atoms with Crippen LogP contribution in [-0.2, 0) is 9.53 Å². The molecule has 3 rings (SSSR count). The number of nitrogens with zero attached hydrogens (tertiary/aromatic N) is 1. The normalized spacial score (nSPS) is 12.5. The number of aromatic amines is 1. The van der Waals surface area contributed by atoms with Crippen molar-refractivity contribution in [1.29, 1.82) is 0 Å². The number of H-pyrrole nitrogens is 1. The highest BCUT2D eigenvalue weighted by molar-refractivity contribution is 5.95. The molecule has 3 aromatic rings. The molecule has 2 amide bonds. The summed E-state index contributed by atoms with van der Waals surface area (Å²) in [4.78, 5) is 55.7. The first kappa shape index (κ1) is 25.3. The van der Waals surface area contributed by atoms with Gasteiger partial charge in [-0.3, -0.25) is 14.4 Å². The second kappa shape index (κ2) is 11.2. The highest BCUT2D eigenvalue weighted by Crippen LogP contribution is 2.22. The average Bonchev–Trinajstić information content (AvgIpc) is 2.86. The molecule has 4 N–H and O–H groups in total. The fraction of sp³-hybridized carbons (Fsp3) is 0.240. The fourth-order valence-electron chi connectivity index (χ4n) is 3.23. The fourth-order valence-corrected chi connectivity index (χ4v) is 3.23. The van der Waals surface area contributed by atoms with Gasteiger partial charge in [-0.2, -0.15) is 0 Å². The maximum Gasteiger partial charge on any atom is 0.339 e. The highest BCUT2D eigenvalue weighted by Gasteiger charge is 2.32. The Morgan fingerprint density at radius 3 is 2.11 bits per heavy atom. The number of ether oxygens (including phenoxy) is 1. The average molecular weight is 479 g/mol. The Morgan fingerprint density at radius 2 is 1.60 bits per heavy atom. The summed E-state index contributed by atoms with van der Waals surface area (Å²) in [6, 6.07) is 18.0. The molecule has 0 aliphatic heterocycles. The standard InChI is InChI=1S/C25H26N4O6/c1-3-35-24(33)25(2,34)15-27-23(32)20-26-14-18(22(31)29-20)21(30)28-19(16-10-6-4-7-11-16)17-12-8-5-9-13-17/h4-14,19,34H,3,15H2,1-2H3,(H,27,32)(H,28,30)(H,26,29,31). The van der Waals surface area contributed by atoms with Gasteiger partial charge < -0.3 is 25.5 Å². The molecule has 0 fully saturated rings. The Balaban J connectivity index is 1.75. The number of esters is 1. The molecule has 1 atom stereocenters. The van der Waals surface area contributed by atoms with Crippen molar-refractivity contribution in [1.82, 2.24) is 20.6 Å². The van der Waals surface area contributed by atoms with Crippen molar-refractivity contribution in [2.45, 2.75) is 25.5 Å². The molecule has 1 aromatic heterocycles. The Morgan fingerprint density at radius 1 is 1.03 bits per heavy atom. The van der Waals surface area contributed by atoms with Crippen molar-refractivity contribution in [2.24, 2.45) is 0 Å². The van der Waals surface area contributed by atoms with E-state index in [9.17, 15) is 24.3 Å². The second-order valence-electron chi connectivity index (χ2n) is 7.88. The van der Waals surface area contributed by atoms with Crippen molar-refractivity contribution in [3.05, 3.63) is 99.7 Å². The SMILES string of the molecule is CCOC(=O)C(C)(O)CNC(=O)c1ncc(C(=O)NC(c2ccccc2)c2ccccc2)c(=O)[nH]1. The Bertz CT molecular complexity index is 1200. The van der Waals surface area contributed by atoms with Gasteiger partial charge in [-0.05, 0) is 25.0 Å². The summed E-state index contributed by atoms with van der Waals surface area (Å²) in [5.74, 6) is -2.80. The summed E-state index contributed by atoms with van der Waals surface area (Å²) < 4.78 is 4.74. The van der Waals surface area contributed by atoms with E-state index in [0.717, 1.165) is 17.3 Å². The summed E-state index contributed by atoms with van der Waals surface area (Å²) in [6.07, 6.45) is 1.000. The van der Waals surface area contributed by atoms with E-state index < -0.39 is 41.5 Å². The smallest absolute Gasteiger partial charge is 0.339 e. The number of aliphatic hydroxyl groups is 1. The van der Waals surface area contributed by atoms with Crippen LogP contribution in [0.25, 0.3) is 0 Å². The van der Waals surface area contributed by atoms with Crippen LogP contribution in [0.1, 0.15) is 52.0 Å². The number of amides is 2. The summed E-state index contributed by atoms with van der Waals surface area (Å²) >= 11 is 0. The van der Waals surface area contributed by atoms with Gasteiger partial charge in [-0.25, -0.2) is 9.78 Å². The Kier molecular flexibility index (Phi) is 8.11. The molecule has 0 aliphatic carbocycles.